The van der Waals surface area contributed by atoms with Gasteiger partial charge in [-0.3, -0.25) is 19.6 Å². The number of hydrogen-bond acceptors (Lipinski definition) is 4. The van der Waals surface area contributed by atoms with Gasteiger partial charge in [0, 0.05) is 36.8 Å². The Morgan fingerprint density at radius 1 is 1.27 bits per heavy atom. The lowest BCUT2D eigenvalue weighted by Gasteiger charge is -2.05. The summed E-state index contributed by atoms with van der Waals surface area (Å²) in [5.74, 6) is 0.250. The van der Waals surface area contributed by atoms with Crippen molar-refractivity contribution in [3.05, 3.63) is 48.5 Å². The van der Waals surface area contributed by atoms with Crippen molar-refractivity contribution in [2.24, 2.45) is 0 Å². The molecule has 0 saturated heterocycles. The predicted octanol–water partition coefficient (Wildman–Crippen LogP) is 2.33. The minimum absolute atomic E-state index is 0.223. The molecule has 0 saturated carbocycles. The van der Waals surface area contributed by atoms with E-state index >= 15 is 0 Å². The number of rotatable bonds is 5. The van der Waals surface area contributed by atoms with Crippen molar-refractivity contribution < 1.29 is 4.79 Å². The first-order valence-corrected chi connectivity index (χ1v) is 7.07. The highest BCUT2D eigenvalue weighted by Gasteiger charge is 2.13. The average molecular weight is 296 g/mol. The van der Waals surface area contributed by atoms with Crippen LogP contribution in [-0.4, -0.2) is 30.9 Å². The molecule has 7 heteroatoms. The number of carbonyl (C=O) groups excluding carboxylic acids is 1. The lowest BCUT2D eigenvalue weighted by Crippen LogP contribution is -2.18. The van der Waals surface area contributed by atoms with Gasteiger partial charge in [-0.1, -0.05) is 6.92 Å². The quantitative estimate of drug-likeness (QED) is 0.756. The number of amides is 1. The first-order chi connectivity index (χ1) is 10.8. The van der Waals surface area contributed by atoms with Crippen LogP contribution in [0.4, 0.5) is 5.82 Å². The van der Waals surface area contributed by atoms with Crippen LogP contribution in [0.3, 0.4) is 0 Å². The van der Waals surface area contributed by atoms with Gasteiger partial charge in [0.25, 0.3) is 5.91 Å². The third kappa shape index (κ3) is 2.88. The highest BCUT2D eigenvalue weighted by atomic mass is 16.2. The maximum atomic E-state index is 12.3. The topological polar surface area (TPSA) is 88.5 Å². The second-order valence-corrected chi connectivity index (χ2v) is 4.80. The van der Waals surface area contributed by atoms with Crippen LogP contribution in [-0.2, 0) is 6.54 Å². The second kappa shape index (κ2) is 6.21. The minimum Gasteiger partial charge on any atom is -0.304 e. The summed E-state index contributed by atoms with van der Waals surface area (Å²) in [5.41, 5.74) is 2.30. The molecule has 3 aromatic heterocycles. The van der Waals surface area contributed by atoms with E-state index in [1.54, 1.807) is 35.4 Å². The molecular formula is C15H16N6O. The molecular weight excluding hydrogens is 280 g/mol. The number of nitrogens with zero attached hydrogens (tertiary/aromatic N) is 4. The van der Waals surface area contributed by atoms with E-state index in [2.05, 4.69) is 25.6 Å². The molecule has 0 spiro atoms. The summed E-state index contributed by atoms with van der Waals surface area (Å²) in [6.07, 6.45) is 5.95. The van der Waals surface area contributed by atoms with Crippen molar-refractivity contribution >= 4 is 11.7 Å². The number of carbonyl (C=O) groups is 1. The Labute approximate surface area is 127 Å². The molecule has 3 heterocycles. The average Bonchev–Trinajstić information content (AvgIpc) is 3.18. The molecule has 0 bridgehead atoms. The molecule has 112 valence electrons. The van der Waals surface area contributed by atoms with Gasteiger partial charge in [0.15, 0.2) is 5.82 Å². The molecule has 0 aliphatic rings. The van der Waals surface area contributed by atoms with Crippen LogP contribution in [0.15, 0.2) is 42.9 Å². The third-order valence-electron chi connectivity index (χ3n) is 3.20. The van der Waals surface area contributed by atoms with E-state index in [1.165, 1.54) is 0 Å². The second-order valence-electron chi connectivity index (χ2n) is 4.80. The number of anilines is 1. The van der Waals surface area contributed by atoms with Crippen LogP contribution in [0.25, 0.3) is 11.3 Å². The largest absolute Gasteiger partial charge is 0.304 e. The molecule has 7 nitrogen and oxygen atoms in total. The van der Waals surface area contributed by atoms with Gasteiger partial charge in [-0.2, -0.15) is 10.2 Å². The maximum absolute atomic E-state index is 12.3. The summed E-state index contributed by atoms with van der Waals surface area (Å²) in [6, 6.07) is 7.22. The molecule has 0 atom stereocenters. The standard InChI is InChI=1S/C15H16N6O/c1-2-9-21-13(5-8-17-21)15(22)18-14-10-12(19-20-14)11-3-6-16-7-4-11/h3-8,10H,2,9H2,1H3,(H2,18,19,20,22). The van der Waals surface area contributed by atoms with Crippen LogP contribution in [0.5, 0.6) is 0 Å². The van der Waals surface area contributed by atoms with Crippen molar-refractivity contribution in [1.82, 2.24) is 25.0 Å². The smallest absolute Gasteiger partial charge is 0.275 e. The highest BCUT2D eigenvalue weighted by Crippen LogP contribution is 2.18. The van der Waals surface area contributed by atoms with E-state index in [0.29, 0.717) is 18.1 Å². The number of pyridine rings is 1. The van der Waals surface area contributed by atoms with Crippen molar-refractivity contribution in [3.8, 4) is 11.3 Å². The van der Waals surface area contributed by atoms with Gasteiger partial charge in [-0.15, -0.1) is 0 Å². The minimum atomic E-state index is -0.223. The van der Waals surface area contributed by atoms with Crippen LogP contribution in [0, 0.1) is 0 Å². The van der Waals surface area contributed by atoms with Crippen molar-refractivity contribution in [1.29, 1.82) is 0 Å². The van der Waals surface area contributed by atoms with Crippen LogP contribution in [0.1, 0.15) is 23.8 Å². The van der Waals surface area contributed by atoms with Crippen LogP contribution < -0.4 is 5.32 Å². The molecule has 0 unspecified atom stereocenters. The molecule has 0 fully saturated rings. The fourth-order valence-electron chi connectivity index (χ4n) is 2.16. The monoisotopic (exact) mass is 296 g/mol. The Morgan fingerprint density at radius 3 is 2.86 bits per heavy atom. The van der Waals surface area contributed by atoms with Crippen molar-refractivity contribution in [3.63, 3.8) is 0 Å². The summed E-state index contributed by atoms with van der Waals surface area (Å²) >= 11 is 0. The molecule has 3 rings (SSSR count). The zero-order valence-electron chi connectivity index (χ0n) is 12.2. The highest BCUT2D eigenvalue weighted by molar-refractivity contribution is 6.02. The summed E-state index contributed by atoms with van der Waals surface area (Å²) in [5, 5.41) is 13.9. The van der Waals surface area contributed by atoms with Gasteiger partial charge >= 0.3 is 0 Å². The lowest BCUT2D eigenvalue weighted by atomic mass is 10.2. The number of aromatic nitrogens is 5. The maximum Gasteiger partial charge on any atom is 0.275 e. The Bertz CT molecular complexity index is 761. The third-order valence-corrected chi connectivity index (χ3v) is 3.20. The van der Waals surface area contributed by atoms with Gasteiger partial charge in [-0.05, 0) is 24.6 Å². The molecule has 0 radical (unpaired) electrons. The van der Waals surface area contributed by atoms with Gasteiger partial charge in [-0.25, -0.2) is 0 Å². The Morgan fingerprint density at radius 2 is 2.09 bits per heavy atom. The molecule has 2 N–H and O–H groups in total. The molecule has 1 amide bonds. The predicted molar refractivity (Wildman–Crippen MR) is 82.3 cm³/mol. The lowest BCUT2D eigenvalue weighted by molar-refractivity contribution is 0.101. The molecule has 3 aromatic rings. The van der Waals surface area contributed by atoms with E-state index in [0.717, 1.165) is 17.7 Å². The van der Waals surface area contributed by atoms with E-state index in [4.69, 9.17) is 0 Å². The number of aryl methyl sites for hydroxylation is 1. The molecule has 22 heavy (non-hydrogen) atoms. The Kier molecular flexibility index (Phi) is 3.95. The molecule has 0 aromatic carbocycles. The normalized spacial score (nSPS) is 10.6. The fraction of sp³-hybridized carbons (Fsp3) is 0.200. The van der Waals surface area contributed by atoms with E-state index in [9.17, 15) is 4.79 Å². The van der Waals surface area contributed by atoms with Crippen molar-refractivity contribution in [2.45, 2.75) is 19.9 Å². The SMILES string of the molecule is CCCn1nccc1C(=O)Nc1cc(-c2ccncc2)[nH]n1. The van der Waals surface area contributed by atoms with Crippen LogP contribution >= 0.6 is 0 Å². The Balaban J connectivity index is 1.75. The van der Waals surface area contributed by atoms with E-state index in [1.807, 2.05) is 19.1 Å². The fourth-order valence-corrected chi connectivity index (χ4v) is 2.16. The van der Waals surface area contributed by atoms with Gasteiger partial charge < -0.3 is 5.32 Å². The van der Waals surface area contributed by atoms with E-state index < -0.39 is 0 Å². The summed E-state index contributed by atoms with van der Waals surface area (Å²) in [6.45, 7) is 2.75. The van der Waals surface area contributed by atoms with E-state index in [-0.39, 0.29) is 5.91 Å². The molecule has 0 aliphatic heterocycles. The summed E-state index contributed by atoms with van der Waals surface area (Å²) in [7, 11) is 0. The summed E-state index contributed by atoms with van der Waals surface area (Å²) in [4.78, 5) is 16.3. The summed E-state index contributed by atoms with van der Waals surface area (Å²) < 4.78 is 1.69. The number of nitrogens with one attached hydrogen (secondary N) is 2. The van der Waals surface area contributed by atoms with Gasteiger partial charge in [0.2, 0.25) is 0 Å². The zero-order chi connectivity index (χ0) is 15.4. The van der Waals surface area contributed by atoms with Crippen LogP contribution in [0.2, 0.25) is 0 Å². The first kappa shape index (κ1) is 14.0. The Hall–Kier alpha value is -2.96. The number of aromatic amines is 1. The zero-order valence-corrected chi connectivity index (χ0v) is 12.2. The number of hydrogen-bond donors (Lipinski definition) is 2. The van der Waals surface area contributed by atoms with Gasteiger partial charge in [0.1, 0.15) is 5.69 Å². The number of H-pyrrole nitrogens is 1. The first-order valence-electron chi connectivity index (χ1n) is 7.07. The van der Waals surface area contributed by atoms with Gasteiger partial charge in [0.05, 0.1) is 5.69 Å². The molecule has 0 aliphatic carbocycles. The van der Waals surface area contributed by atoms with Crippen molar-refractivity contribution in [2.75, 3.05) is 5.32 Å².